The molecule has 1 fully saturated rings. The Morgan fingerprint density at radius 2 is 2.06 bits per heavy atom. The minimum Gasteiger partial charge on any atom is -0.336 e. The molecule has 16 heavy (non-hydrogen) atoms. The summed E-state index contributed by atoms with van der Waals surface area (Å²) in [5.41, 5.74) is 0.351. The van der Waals surface area contributed by atoms with Gasteiger partial charge >= 0.3 is 0 Å². The number of amides is 1. The third-order valence-corrected chi connectivity index (χ3v) is 2.88. The minimum absolute atomic E-state index is 0.0388. The van der Waals surface area contributed by atoms with Crippen LogP contribution in [0.3, 0.4) is 0 Å². The first-order valence-electron chi connectivity index (χ1n) is 5.13. The summed E-state index contributed by atoms with van der Waals surface area (Å²) in [5, 5.41) is 3.19. The Hall–Kier alpha value is -1.13. The van der Waals surface area contributed by atoms with E-state index < -0.39 is 5.82 Å². The first-order chi connectivity index (χ1) is 7.68. The van der Waals surface area contributed by atoms with E-state index in [1.165, 1.54) is 12.1 Å². The summed E-state index contributed by atoms with van der Waals surface area (Å²) in [6, 6.07) is 4.15. The third kappa shape index (κ3) is 2.33. The Kier molecular flexibility index (Phi) is 3.41. The van der Waals surface area contributed by atoms with Gasteiger partial charge in [0.1, 0.15) is 5.82 Å². The van der Waals surface area contributed by atoms with Gasteiger partial charge in [-0.2, -0.15) is 0 Å². The predicted octanol–water partition coefficient (Wildman–Crippen LogP) is 1.52. The van der Waals surface area contributed by atoms with E-state index in [-0.39, 0.29) is 10.9 Å². The van der Waals surface area contributed by atoms with Crippen LogP contribution < -0.4 is 5.32 Å². The number of hydrogen-bond acceptors (Lipinski definition) is 2. The molecule has 0 aliphatic carbocycles. The molecule has 2 rings (SSSR count). The van der Waals surface area contributed by atoms with Crippen LogP contribution >= 0.6 is 11.6 Å². The number of nitrogens with one attached hydrogen (secondary N) is 1. The molecule has 5 heteroatoms. The first kappa shape index (κ1) is 11.4. The number of halogens is 2. The fourth-order valence-corrected chi connectivity index (χ4v) is 1.80. The number of piperazine rings is 1. The topological polar surface area (TPSA) is 32.3 Å². The van der Waals surface area contributed by atoms with Gasteiger partial charge in [-0.05, 0) is 18.2 Å². The molecule has 0 unspecified atom stereocenters. The lowest BCUT2D eigenvalue weighted by Gasteiger charge is -2.27. The van der Waals surface area contributed by atoms with Crippen molar-refractivity contribution in [3.63, 3.8) is 0 Å². The van der Waals surface area contributed by atoms with Crippen LogP contribution in [0.2, 0.25) is 5.02 Å². The summed E-state index contributed by atoms with van der Waals surface area (Å²) >= 11 is 5.56. The molecule has 0 saturated carbocycles. The quantitative estimate of drug-likeness (QED) is 0.810. The van der Waals surface area contributed by atoms with Crippen LogP contribution in [0.25, 0.3) is 0 Å². The van der Waals surface area contributed by atoms with E-state index in [1.807, 2.05) is 0 Å². The van der Waals surface area contributed by atoms with Crippen LogP contribution in [-0.2, 0) is 0 Å². The van der Waals surface area contributed by atoms with Crippen molar-refractivity contribution in [2.75, 3.05) is 26.2 Å². The van der Waals surface area contributed by atoms with Gasteiger partial charge in [-0.1, -0.05) is 11.6 Å². The van der Waals surface area contributed by atoms with Crippen LogP contribution in [0.1, 0.15) is 10.4 Å². The van der Waals surface area contributed by atoms with E-state index in [1.54, 1.807) is 11.0 Å². The van der Waals surface area contributed by atoms with Gasteiger partial charge in [0.05, 0.1) is 5.02 Å². The maximum absolute atomic E-state index is 13.2. The molecule has 0 bridgehead atoms. The Morgan fingerprint density at radius 3 is 2.69 bits per heavy atom. The van der Waals surface area contributed by atoms with Gasteiger partial charge in [-0.15, -0.1) is 0 Å². The molecule has 0 atom stereocenters. The van der Waals surface area contributed by atoms with Gasteiger partial charge in [0, 0.05) is 31.7 Å². The summed E-state index contributed by atoms with van der Waals surface area (Å²) in [5.74, 6) is -0.695. The molecule has 1 aromatic carbocycles. The molecular weight excluding hydrogens is 231 g/mol. The maximum atomic E-state index is 13.2. The molecule has 1 aliphatic rings. The molecule has 1 N–H and O–H groups in total. The zero-order valence-electron chi connectivity index (χ0n) is 8.67. The number of hydrogen-bond donors (Lipinski definition) is 1. The van der Waals surface area contributed by atoms with E-state index >= 15 is 0 Å². The average Bonchev–Trinajstić information content (AvgIpc) is 2.33. The zero-order chi connectivity index (χ0) is 11.5. The molecule has 3 nitrogen and oxygen atoms in total. The lowest BCUT2D eigenvalue weighted by molar-refractivity contribution is 0.0735. The molecule has 0 spiro atoms. The normalized spacial score (nSPS) is 16.2. The van der Waals surface area contributed by atoms with Crippen molar-refractivity contribution in [2.24, 2.45) is 0 Å². The van der Waals surface area contributed by atoms with E-state index in [4.69, 9.17) is 11.6 Å². The van der Waals surface area contributed by atoms with Crippen molar-refractivity contribution >= 4 is 17.5 Å². The minimum atomic E-state index is -0.553. The largest absolute Gasteiger partial charge is 0.336 e. The highest BCUT2D eigenvalue weighted by molar-refractivity contribution is 6.30. The first-order valence-corrected chi connectivity index (χ1v) is 5.51. The number of carbonyl (C=O) groups excluding carboxylic acids is 1. The highest BCUT2D eigenvalue weighted by atomic mass is 35.5. The van der Waals surface area contributed by atoms with Crippen LogP contribution in [0.15, 0.2) is 18.2 Å². The van der Waals surface area contributed by atoms with Crippen molar-refractivity contribution < 1.29 is 9.18 Å². The summed E-state index contributed by atoms with van der Waals surface area (Å²) in [6.07, 6.45) is 0. The van der Waals surface area contributed by atoms with Crippen LogP contribution in [0.5, 0.6) is 0 Å². The van der Waals surface area contributed by atoms with Gasteiger partial charge < -0.3 is 10.2 Å². The maximum Gasteiger partial charge on any atom is 0.254 e. The molecule has 1 aromatic rings. The highest BCUT2D eigenvalue weighted by Crippen LogP contribution is 2.16. The van der Waals surface area contributed by atoms with Crippen molar-refractivity contribution in [3.8, 4) is 0 Å². The van der Waals surface area contributed by atoms with E-state index in [2.05, 4.69) is 5.32 Å². The van der Waals surface area contributed by atoms with Gasteiger partial charge in [-0.25, -0.2) is 4.39 Å². The molecular formula is C11H12ClFN2O. The summed E-state index contributed by atoms with van der Waals surface area (Å²) in [4.78, 5) is 13.7. The molecule has 1 saturated heterocycles. The average molecular weight is 243 g/mol. The highest BCUT2D eigenvalue weighted by Gasteiger charge is 2.18. The lowest BCUT2D eigenvalue weighted by atomic mass is 10.2. The van der Waals surface area contributed by atoms with Crippen LogP contribution in [-0.4, -0.2) is 37.0 Å². The molecule has 1 amide bonds. The van der Waals surface area contributed by atoms with Crippen LogP contribution in [0, 0.1) is 5.82 Å². The molecule has 0 aromatic heterocycles. The smallest absolute Gasteiger partial charge is 0.254 e. The van der Waals surface area contributed by atoms with Gasteiger partial charge in [0.25, 0.3) is 5.91 Å². The fourth-order valence-electron chi connectivity index (χ4n) is 1.68. The van der Waals surface area contributed by atoms with Crippen molar-refractivity contribution in [3.05, 3.63) is 34.6 Å². The number of benzene rings is 1. The Balaban J connectivity index is 2.16. The Labute approximate surface area is 98.2 Å². The van der Waals surface area contributed by atoms with Crippen molar-refractivity contribution in [1.29, 1.82) is 0 Å². The number of carbonyl (C=O) groups is 1. The summed E-state index contributed by atoms with van der Waals surface area (Å²) < 4.78 is 13.2. The van der Waals surface area contributed by atoms with E-state index in [0.29, 0.717) is 18.7 Å². The second kappa shape index (κ2) is 4.80. The Bertz CT molecular complexity index is 405. The molecule has 86 valence electrons. The second-order valence-electron chi connectivity index (χ2n) is 3.67. The zero-order valence-corrected chi connectivity index (χ0v) is 9.43. The van der Waals surface area contributed by atoms with Crippen molar-refractivity contribution in [1.82, 2.24) is 10.2 Å². The second-order valence-corrected chi connectivity index (χ2v) is 4.08. The number of nitrogens with zero attached hydrogens (tertiary/aromatic N) is 1. The monoisotopic (exact) mass is 242 g/mol. The predicted molar refractivity (Wildman–Crippen MR) is 60.2 cm³/mol. The summed E-state index contributed by atoms with van der Waals surface area (Å²) in [6.45, 7) is 2.87. The van der Waals surface area contributed by atoms with Crippen LogP contribution in [0.4, 0.5) is 4.39 Å². The summed E-state index contributed by atoms with van der Waals surface area (Å²) in [7, 11) is 0. The van der Waals surface area contributed by atoms with Gasteiger partial charge in [0.2, 0.25) is 0 Å². The third-order valence-electron chi connectivity index (χ3n) is 2.57. The Morgan fingerprint density at radius 1 is 1.38 bits per heavy atom. The van der Waals surface area contributed by atoms with E-state index in [9.17, 15) is 9.18 Å². The lowest BCUT2D eigenvalue weighted by Crippen LogP contribution is -2.46. The van der Waals surface area contributed by atoms with Gasteiger partial charge in [0.15, 0.2) is 0 Å². The van der Waals surface area contributed by atoms with Crippen molar-refractivity contribution in [2.45, 2.75) is 0 Å². The number of rotatable bonds is 1. The fraction of sp³-hybridized carbons (Fsp3) is 0.364. The van der Waals surface area contributed by atoms with Gasteiger partial charge in [-0.3, -0.25) is 4.79 Å². The van der Waals surface area contributed by atoms with E-state index in [0.717, 1.165) is 13.1 Å². The standard InChI is InChI=1S/C11H12ClFN2O/c12-9-2-1-8(7-10(9)13)11(16)15-5-3-14-4-6-15/h1-2,7,14H,3-6H2. The molecule has 0 radical (unpaired) electrons. The molecule has 1 heterocycles. The SMILES string of the molecule is O=C(c1ccc(Cl)c(F)c1)N1CCNCC1. The molecule has 1 aliphatic heterocycles.